The highest BCUT2D eigenvalue weighted by Crippen LogP contribution is 2.28. The fourth-order valence-corrected chi connectivity index (χ4v) is 2.31. The maximum Gasteiger partial charge on any atom is 0.139 e. The Balaban J connectivity index is 2.25. The second-order valence-corrected chi connectivity index (χ2v) is 4.29. The molecule has 3 heterocycles. The summed E-state index contributed by atoms with van der Waals surface area (Å²) in [5, 5.41) is 3.04. The first kappa shape index (κ1) is 8.49. The van der Waals surface area contributed by atoms with Gasteiger partial charge in [0.25, 0.3) is 0 Å². The number of aromatic nitrogens is 2. The van der Waals surface area contributed by atoms with Crippen LogP contribution in [0.3, 0.4) is 0 Å². The lowest BCUT2D eigenvalue weighted by Crippen LogP contribution is -1.82. The van der Waals surface area contributed by atoms with Gasteiger partial charge in [-0.25, -0.2) is 4.98 Å². The Morgan fingerprint density at radius 2 is 2.33 bits per heavy atom. The van der Waals surface area contributed by atoms with E-state index >= 15 is 0 Å². The van der Waals surface area contributed by atoms with Gasteiger partial charge in [0.05, 0.1) is 5.69 Å². The minimum absolute atomic E-state index is 0.746. The quantitative estimate of drug-likeness (QED) is 0.655. The number of aromatic amines is 1. The molecule has 0 amide bonds. The van der Waals surface area contributed by atoms with Crippen molar-refractivity contribution in [1.82, 2.24) is 9.97 Å². The van der Waals surface area contributed by atoms with E-state index in [1.165, 1.54) is 4.88 Å². The summed E-state index contributed by atoms with van der Waals surface area (Å²) in [5.41, 5.74) is 8.53. The Morgan fingerprint density at radius 3 is 3.13 bits per heavy atom. The van der Waals surface area contributed by atoms with Crippen molar-refractivity contribution in [2.75, 3.05) is 5.73 Å². The number of rotatable bonds is 1. The van der Waals surface area contributed by atoms with Gasteiger partial charge in [0.2, 0.25) is 0 Å². The van der Waals surface area contributed by atoms with Gasteiger partial charge >= 0.3 is 0 Å². The van der Waals surface area contributed by atoms with Gasteiger partial charge in [-0.15, -0.1) is 11.3 Å². The molecule has 15 heavy (non-hydrogen) atoms. The van der Waals surface area contributed by atoms with Crippen LogP contribution in [0, 0.1) is 0 Å². The van der Waals surface area contributed by atoms with Gasteiger partial charge in [-0.2, -0.15) is 0 Å². The maximum absolute atomic E-state index is 5.83. The first-order valence-corrected chi connectivity index (χ1v) is 5.49. The molecule has 0 aliphatic rings. The molecule has 0 radical (unpaired) electrons. The van der Waals surface area contributed by atoms with E-state index in [1.54, 1.807) is 17.5 Å². The minimum atomic E-state index is 0.746. The Kier molecular flexibility index (Phi) is 1.76. The number of hydrogen-bond donors (Lipinski definition) is 2. The van der Waals surface area contributed by atoms with Gasteiger partial charge in [-0.05, 0) is 17.5 Å². The summed E-state index contributed by atoms with van der Waals surface area (Å²) in [4.78, 5) is 8.57. The fraction of sp³-hybridized carbons (Fsp3) is 0. The van der Waals surface area contributed by atoms with Crippen LogP contribution in [0.4, 0.5) is 5.69 Å². The molecule has 0 saturated carbocycles. The molecule has 4 heteroatoms. The molecule has 0 atom stereocenters. The summed E-state index contributed by atoms with van der Waals surface area (Å²) in [7, 11) is 0. The second kappa shape index (κ2) is 3.10. The molecule has 3 aromatic heterocycles. The number of thiophene rings is 1. The van der Waals surface area contributed by atoms with Crippen LogP contribution in [-0.4, -0.2) is 9.97 Å². The third-order valence-electron chi connectivity index (χ3n) is 2.37. The number of H-pyrrole nitrogens is 1. The van der Waals surface area contributed by atoms with Crippen LogP contribution in [0.25, 0.3) is 21.5 Å². The third kappa shape index (κ3) is 1.30. The van der Waals surface area contributed by atoms with E-state index in [2.05, 4.69) is 27.5 Å². The zero-order chi connectivity index (χ0) is 10.3. The molecule has 0 saturated heterocycles. The lowest BCUT2D eigenvalue weighted by molar-refractivity contribution is 1.33. The first-order valence-electron chi connectivity index (χ1n) is 4.61. The number of hydrogen-bond acceptors (Lipinski definition) is 3. The molecular weight excluding hydrogens is 206 g/mol. The molecule has 0 aromatic carbocycles. The van der Waals surface area contributed by atoms with Crippen LogP contribution in [0.15, 0.2) is 36.0 Å². The topological polar surface area (TPSA) is 54.7 Å². The van der Waals surface area contributed by atoms with Crippen molar-refractivity contribution in [2.24, 2.45) is 0 Å². The summed E-state index contributed by atoms with van der Waals surface area (Å²) in [6.07, 6.45) is 3.64. The minimum Gasteiger partial charge on any atom is -0.397 e. The third-order valence-corrected chi connectivity index (χ3v) is 3.29. The highest BCUT2D eigenvalue weighted by Gasteiger charge is 2.04. The van der Waals surface area contributed by atoms with Crippen LogP contribution < -0.4 is 5.73 Å². The number of nitrogens with zero attached hydrogens (tertiary/aromatic N) is 1. The Hall–Kier alpha value is -1.81. The molecule has 3 nitrogen and oxygen atoms in total. The molecule has 74 valence electrons. The number of fused-ring (bicyclic) bond motifs is 1. The normalized spacial score (nSPS) is 10.9. The zero-order valence-corrected chi connectivity index (χ0v) is 8.71. The van der Waals surface area contributed by atoms with Crippen molar-refractivity contribution in [3.63, 3.8) is 0 Å². The van der Waals surface area contributed by atoms with Gasteiger partial charge in [0.15, 0.2) is 0 Å². The molecule has 3 N–H and O–H groups in total. The fourth-order valence-electron chi connectivity index (χ4n) is 1.60. The maximum atomic E-state index is 5.83. The number of nitrogens with two attached hydrogens (primary N) is 1. The van der Waals surface area contributed by atoms with Crippen molar-refractivity contribution in [2.45, 2.75) is 0 Å². The van der Waals surface area contributed by atoms with E-state index in [-0.39, 0.29) is 0 Å². The molecule has 0 fully saturated rings. The van der Waals surface area contributed by atoms with Crippen LogP contribution in [0.5, 0.6) is 0 Å². The largest absolute Gasteiger partial charge is 0.397 e. The van der Waals surface area contributed by atoms with Crippen LogP contribution in [-0.2, 0) is 0 Å². The molecule has 0 unspecified atom stereocenters. The Morgan fingerprint density at radius 1 is 1.40 bits per heavy atom. The van der Waals surface area contributed by atoms with Crippen LogP contribution in [0.2, 0.25) is 0 Å². The number of pyridine rings is 1. The van der Waals surface area contributed by atoms with E-state index in [1.807, 2.05) is 12.3 Å². The molecule has 0 bridgehead atoms. The first-order chi connectivity index (χ1) is 7.34. The molecule has 3 rings (SSSR count). The van der Waals surface area contributed by atoms with Crippen LogP contribution in [0.1, 0.15) is 0 Å². The summed E-state index contributed by atoms with van der Waals surface area (Å²) in [6, 6.07) is 6.18. The van der Waals surface area contributed by atoms with E-state index < -0.39 is 0 Å². The summed E-state index contributed by atoms with van der Waals surface area (Å²) in [6.45, 7) is 0. The number of anilines is 1. The lowest BCUT2D eigenvalue weighted by Gasteiger charge is -1.97. The van der Waals surface area contributed by atoms with Gasteiger partial charge in [-0.3, -0.25) is 0 Å². The smallest absolute Gasteiger partial charge is 0.139 e. The summed E-state index contributed by atoms with van der Waals surface area (Å²) >= 11 is 1.70. The highest BCUT2D eigenvalue weighted by molar-refractivity contribution is 7.13. The average molecular weight is 215 g/mol. The monoisotopic (exact) mass is 215 g/mol. The highest BCUT2D eigenvalue weighted by atomic mass is 32.1. The van der Waals surface area contributed by atoms with Crippen molar-refractivity contribution < 1.29 is 0 Å². The second-order valence-electron chi connectivity index (χ2n) is 3.34. The van der Waals surface area contributed by atoms with Gasteiger partial charge in [0.1, 0.15) is 5.65 Å². The molecular formula is C11H9N3S. The van der Waals surface area contributed by atoms with Crippen molar-refractivity contribution >= 4 is 28.1 Å². The standard InChI is InChI=1S/C11H9N3S/c12-9-6-14-11-8(9)4-7(5-13-11)10-2-1-3-15-10/h1-6H,12H2,(H,13,14). The molecule has 0 aliphatic carbocycles. The number of nitrogen functional groups attached to an aromatic ring is 1. The van der Waals surface area contributed by atoms with E-state index in [9.17, 15) is 0 Å². The predicted molar refractivity (Wildman–Crippen MR) is 63.8 cm³/mol. The van der Waals surface area contributed by atoms with Crippen molar-refractivity contribution in [1.29, 1.82) is 0 Å². The Labute approximate surface area is 90.6 Å². The van der Waals surface area contributed by atoms with Gasteiger partial charge < -0.3 is 10.7 Å². The van der Waals surface area contributed by atoms with E-state index in [4.69, 9.17) is 5.73 Å². The number of nitrogens with one attached hydrogen (secondary N) is 1. The van der Waals surface area contributed by atoms with Gasteiger partial charge in [0, 0.05) is 28.2 Å². The molecule has 3 aromatic rings. The molecule has 0 spiro atoms. The van der Waals surface area contributed by atoms with Gasteiger partial charge in [-0.1, -0.05) is 6.07 Å². The van der Waals surface area contributed by atoms with Crippen LogP contribution >= 0.6 is 11.3 Å². The Bertz CT molecular complexity index is 595. The summed E-state index contributed by atoms with van der Waals surface area (Å²) in [5.74, 6) is 0. The SMILES string of the molecule is Nc1c[nH]c2ncc(-c3cccs3)cc12. The lowest BCUT2D eigenvalue weighted by atomic mass is 10.2. The summed E-state index contributed by atoms with van der Waals surface area (Å²) < 4.78 is 0. The van der Waals surface area contributed by atoms with Crippen molar-refractivity contribution in [3.8, 4) is 10.4 Å². The molecule has 0 aliphatic heterocycles. The zero-order valence-electron chi connectivity index (χ0n) is 7.90. The van der Waals surface area contributed by atoms with Crippen molar-refractivity contribution in [3.05, 3.63) is 36.0 Å². The predicted octanol–water partition coefficient (Wildman–Crippen LogP) is 2.87. The van der Waals surface area contributed by atoms with E-state index in [0.29, 0.717) is 0 Å². The average Bonchev–Trinajstić information content (AvgIpc) is 2.88. The van der Waals surface area contributed by atoms with E-state index in [0.717, 1.165) is 22.3 Å².